The first-order valence-electron chi connectivity index (χ1n) is 7.41. The third-order valence-corrected chi connectivity index (χ3v) is 3.82. The van der Waals surface area contributed by atoms with Crippen molar-refractivity contribution in [2.45, 2.75) is 70.8 Å². The predicted octanol–water partition coefficient (Wildman–Crippen LogP) is 3.57. The maximum Gasteiger partial charge on any atom is 0.233 e. The van der Waals surface area contributed by atoms with Crippen molar-refractivity contribution in [3.05, 3.63) is 11.8 Å². The highest BCUT2D eigenvalue weighted by atomic mass is 16.4. The van der Waals surface area contributed by atoms with Gasteiger partial charge in [0.2, 0.25) is 11.8 Å². The molecular formula is C14H25N3O. The molecule has 0 aliphatic heterocycles. The van der Waals surface area contributed by atoms with Gasteiger partial charge in [-0.15, -0.1) is 10.2 Å². The van der Waals surface area contributed by atoms with Gasteiger partial charge >= 0.3 is 0 Å². The van der Waals surface area contributed by atoms with E-state index in [-0.39, 0.29) is 6.04 Å². The molecule has 1 heterocycles. The molecule has 1 aliphatic rings. The lowest BCUT2D eigenvalue weighted by molar-refractivity contribution is 0.351. The normalized spacial score (nSPS) is 19.7. The molecule has 0 aromatic carbocycles. The molecule has 1 saturated carbocycles. The number of hydrogen-bond donors (Lipinski definition) is 1. The second-order valence-electron chi connectivity index (χ2n) is 5.19. The van der Waals surface area contributed by atoms with Crippen LogP contribution in [0.15, 0.2) is 4.42 Å². The second kappa shape index (κ2) is 6.88. The number of aromatic nitrogens is 2. The van der Waals surface area contributed by atoms with Crippen LogP contribution in [0.3, 0.4) is 0 Å². The predicted molar refractivity (Wildman–Crippen MR) is 71.4 cm³/mol. The molecule has 0 radical (unpaired) electrons. The van der Waals surface area contributed by atoms with Gasteiger partial charge in [0, 0.05) is 5.92 Å². The van der Waals surface area contributed by atoms with Gasteiger partial charge in [0.15, 0.2) is 0 Å². The first kappa shape index (κ1) is 13.5. The molecule has 1 aromatic heterocycles. The van der Waals surface area contributed by atoms with Crippen molar-refractivity contribution in [1.82, 2.24) is 15.5 Å². The van der Waals surface area contributed by atoms with Crippen LogP contribution in [0.25, 0.3) is 0 Å². The molecule has 1 unspecified atom stereocenters. The maximum absolute atomic E-state index is 5.90. The molecule has 1 atom stereocenters. The summed E-state index contributed by atoms with van der Waals surface area (Å²) >= 11 is 0. The maximum atomic E-state index is 5.90. The van der Waals surface area contributed by atoms with Gasteiger partial charge < -0.3 is 9.73 Å². The summed E-state index contributed by atoms with van der Waals surface area (Å²) in [6.45, 7) is 5.17. The van der Waals surface area contributed by atoms with Crippen LogP contribution in [0, 0.1) is 0 Å². The smallest absolute Gasteiger partial charge is 0.233 e. The van der Waals surface area contributed by atoms with Crippen LogP contribution in [0.2, 0.25) is 0 Å². The van der Waals surface area contributed by atoms with Gasteiger partial charge in [-0.1, -0.05) is 39.5 Å². The minimum atomic E-state index is 0.210. The molecule has 0 spiro atoms. The quantitative estimate of drug-likeness (QED) is 0.813. The van der Waals surface area contributed by atoms with Crippen LogP contribution in [0.4, 0.5) is 0 Å². The molecule has 0 saturated heterocycles. The zero-order valence-electron chi connectivity index (χ0n) is 11.6. The minimum absolute atomic E-state index is 0.210. The number of nitrogens with zero attached hydrogens (tertiary/aromatic N) is 2. The van der Waals surface area contributed by atoms with E-state index in [4.69, 9.17) is 4.42 Å². The summed E-state index contributed by atoms with van der Waals surface area (Å²) in [6.07, 6.45) is 8.71. The van der Waals surface area contributed by atoms with Gasteiger partial charge in [0.05, 0.1) is 6.04 Å². The Hall–Kier alpha value is -0.900. The van der Waals surface area contributed by atoms with Gasteiger partial charge in [0.25, 0.3) is 0 Å². The van der Waals surface area contributed by atoms with Crippen molar-refractivity contribution in [1.29, 1.82) is 0 Å². The molecule has 102 valence electrons. The van der Waals surface area contributed by atoms with E-state index in [1.165, 1.54) is 38.5 Å². The van der Waals surface area contributed by atoms with Crippen LogP contribution in [0.1, 0.15) is 82.5 Å². The molecule has 2 rings (SSSR count). The van der Waals surface area contributed by atoms with Crippen molar-refractivity contribution in [3.63, 3.8) is 0 Å². The molecule has 1 fully saturated rings. The van der Waals surface area contributed by atoms with E-state index in [9.17, 15) is 0 Å². The summed E-state index contributed by atoms with van der Waals surface area (Å²) in [5, 5.41) is 11.9. The van der Waals surface area contributed by atoms with Gasteiger partial charge in [-0.25, -0.2) is 0 Å². The second-order valence-corrected chi connectivity index (χ2v) is 5.19. The minimum Gasteiger partial charge on any atom is -0.423 e. The molecule has 0 amide bonds. The summed E-state index contributed by atoms with van der Waals surface area (Å²) in [5.41, 5.74) is 0. The summed E-state index contributed by atoms with van der Waals surface area (Å²) < 4.78 is 5.90. The summed E-state index contributed by atoms with van der Waals surface area (Å²) in [6, 6.07) is 0.210. The molecule has 4 heteroatoms. The lowest BCUT2D eigenvalue weighted by atomic mass is 10.0. The molecule has 0 bridgehead atoms. The zero-order valence-corrected chi connectivity index (χ0v) is 11.6. The van der Waals surface area contributed by atoms with E-state index in [1.807, 2.05) is 0 Å². The number of rotatable bonds is 5. The number of hydrogen-bond acceptors (Lipinski definition) is 4. The summed E-state index contributed by atoms with van der Waals surface area (Å²) in [5.74, 6) is 2.12. The van der Waals surface area contributed by atoms with E-state index < -0.39 is 0 Å². The van der Waals surface area contributed by atoms with Gasteiger partial charge in [0.1, 0.15) is 0 Å². The Bertz CT molecular complexity index is 343. The first-order chi connectivity index (χ1) is 8.85. The van der Waals surface area contributed by atoms with E-state index in [0.717, 1.165) is 24.7 Å². The highest BCUT2D eigenvalue weighted by molar-refractivity contribution is 4.95. The SMILES string of the molecule is CCNC(CC)c1nnc(C2CCCCCC2)o1. The Labute approximate surface area is 110 Å². The van der Waals surface area contributed by atoms with Crippen LogP contribution in [0.5, 0.6) is 0 Å². The van der Waals surface area contributed by atoms with Crippen molar-refractivity contribution >= 4 is 0 Å². The van der Waals surface area contributed by atoms with Crippen LogP contribution >= 0.6 is 0 Å². The van der Waals surface area contributed by atoms with Crippen molar-refractivity contribution in [3.8, 4) is 0 Å². The van der Waals surface area contributed by atoms with Crippen LogP contribution < -0.4 is 5.32 Å². The van der Waals surface area contributed by atoms with Gasteiger partial charge in [-0.3, -0.25) is 0 Å². The van der Waals surface area contributed by atoms with Crippen LogP contribution in [-0.2, 0) is 0 Å². The Balaban J connectivity index is 2.03. The third-order valence-electron chi connectivity index (χ3n) is 3.82. The average Bonchev–Trinajstić information content (AvgIpc) is 2.71. The Morgan fingerprint density at radius 2 is 1.89 bits per heavy atom. The molecule has 1 aliphatic carbocycles. The first-order valence-corrected chi connectivity index (χ1v) is 7.41. The molecule has 4 nitrogen and oxygen atoms in total. The standard InChI is InChI=1S/C14H25N3O/c1-3-12(15-4-2)14-17-16-13(18-14)11-9-7-5-6-8-10-11/h11-12,15H,3-10H2,1-2H3. The van der Waals surface area contributed by atoms with Crippen LogP contribution in [-0.4, -0.2) is 16.7 Å². The topological polar surface area (TPSA) is 51.0 Å². The monoisotopic (exact) mass is 251 g/mol. The molecular weight excluding hydrogens is 226 g/mol. The van der Waals surface area contributed by atoms with Gasteiger partial charge in [-0.05, 0) is 25.8 Å². The highest BCUT2D eigenvalue weighted by Gasteiger charge is 2.22. The lowest BCUT2D eigenvalue weighted by Gasteiger charge is -2.11. The Kier molecular flexibility index (Phi) is 5.17. The van der Waals surface area contributed by atoms with Gasteiger partial charge in [-0.2, -0.15) is 0 Å². The summed E-state index contributed by atoms with van der Waals surface area (Å²) in [7, 11) is 0. The van der Waals surface area contributed by atoms with E-state index in [0.29, 0.717) is 5.92 Å². The number of nitrogens with one attached hydrogen (secondary N) is 1. The van der Waals surface area contributed by atoms with Crippen molar-refractivity contribution < 1.29 is 4.42 Å². The van der Waals surface area contributed by atoms with E-state index in [1.54, 1.807) is 0 Å². The molecule has 18 heavy (non-hydrogen) atoms. The fourth-order valence-electron chi connectivity index (χ4n) is 2.73. The van der Waals surface area contributed by atoms with Crippen molar-refractivity contribution in [2.75, 3.05) is 6.54 Å². The molecule has 1 aromatic rings. The average molecular weight is 251 g/mol. The van der Waals surface area contributed by atoms with Crippen molar-refractivity contribution in [2.24, 2.45) is 0 Å². The molecule has 1 N–H and O–H groups in total. The Morgan fingerprint density at radius 3 is 2.50 bits per heavy atom. The zero-order chi connectivity index (χ0) is 12.8. The third kappa shape index (κ3) is 3.31. The largest absolute Gasteiger partial charge is 0.423 e. The fourth-order valence-corrected chi connectivity index (χ4v) is 2.73. The van der Waals surface area contributed by atoms with E-state index in [2.05, 4.69) is 29.4 Å². The Morgan fingerprint density at radius 1 is 1.17 bits per heavy atom. The summed E-state index contributed by atoms with van der Waals surface area (Å²) in [4.78, 5) is 0. The van der Waals surface area contributed by atoms with E-state index >= 15 is 0 Å². The lowest BCUT2D eigenvalue weighted by Crippen LogP contribution is -2.20. The fraction of sp³-hybridized carbons (Fsp3) is 0.857. The highest BCUT2D eigenvalue weighted by Crippen LogP contribution is 2.31.